The van der Waals surface area contributed by atoms with Crippen LogP contribution in [0.25, 0.3) is 11.1 Å². The Kier molecular flexibility index (Phi) is 10.2. The number of aliphatic hydroxyl groups excluding tert-OH is 1. The summed E-state index contributed by atoms with van der Waals surface area (Å²) in [4.78, 5) is 37.4. The Morgan fingerprint density at radius 3 is 2.05 bits per heavy atom. The van der Waals surface area contributed by atoms with E-state index in [-0.39, 0.29) is 18.0 Å². The Morgan fingerprint density at radius 1 is 0.919 bits per heavy atom. The highest BCUT2D eigenvalue weighted by atomic mass is 32.2. The van der Waals surface area contributed by atoms with Crippen LogP contribution in [0, 0.1) is 0 Å². The fraction of sp³-hybridized carbons (Fsp3) is 0.192. The second-order valence-corrected chi connectivity index (χ2v) is 8.95. The van der Waals surface area contributed by atoms with Crippen LogP contribution in [0.15, 0.2) is 77.7 Å². The summed E-state index contributed by atoms with van der Waals surface area (Å²) in [6.07, 6.45) is 0.333. The van der Waals surface area contributed by atoms with Crippen molar-refractivity contribution in [3.05, 3.63) is 83.9 Å². The van der Waals surface area contributed by atoms with Gasteiger partial charge in [-0.1, -0.05) is 36.4 Å². The molecule has 8 N–H and O–H groups in total. The third-order valence-corrected chi connectivity index (χ3v) is 6.19. The van der Waals surface area contributed by atoms with Crippen molar-refractivity contribution in [1.82, 2.24) is 16.1 Å². The number of rotatable bonds is 11. The summed E-state index contributed by atoms with van der Waals surface area (Å²) in [5.74, 6) is -1.84. The molecule has 10 nitrogen and oxygen atoms in total. The predicted octanol–water partition coefficient (Wildman–Crippen LogP) is 1.68. The minimum absolute atomic E-state index is 0.153. The van der Waals surface area contributed by atoms with E-state index < -0.39 is 24.1 Å². The zero-order valence-corrected chi connectivity index (χ0v) is 20.9. The van der Waals surface area contributed by atoms with Gasteiger partial charge in [0.15, 0.2) is 0 Å². The van der Waals surface area contributed by atoms with E-state index in [1.165, 1.54) is 10.4 Å². The molecule has 0 unspecified atom stereocenters. The van der Waals surface area contributed by atoms with Crippen LogP contribution in [-0.4, -0.2) is 53.1 Å². The Hall–Kier alpha value is -3.74. The first kappa shape index (κ1) is 27.8. The number of carbonyl (C=O) groups excluding carboxylic acids is 3. The van der Waals surface area contributed by atoms with E-state index in [0.29, 0.717) is 12.2 Å². The Labute approximate surface area is 218 Å². The van der Waals surface area contributed by atoms with Gasteiger partial charge in [0.2, 0.25) is 5.91 Å². The van der Waals surface area contributed by atoms with Crippen LogP contribution < -0.4 is 27.2 Å². The molecule has 0 aliphatic carbocycles. The van der Waals surface area contributed by atoms with Crippen LogP contribution in [0.2, 0.25) is 0 Å². The Balaban J connectivity index is 1.51. The molecular weight excluding hydrogens is 494 g/mol. The van der Waals surface area contributed by atoms with Crippen molar-refractivity contribution in [3.63, 3.8) is 0 Å². The summed E-state index contributed by atoms with van der Waals surface area (Å²) in [7, 11) is 0. The van der Waals surface area contributed by atoms with Crippen LogP contribution in [0.4, 0.5) is 5.69 Å². The van der Waals surface area contributed by atoms with Gasteiger partial charge in [0.25, 0.3) is 11.8 Å². The van der Waals surface area contributed by atoms with E-state index in [2.05, 4.69) is 16.0 Å². The molecule has 194 valence electrons. The normalized spacial score (nSPS) is 12.3. The number of benzene rings is 3. The van der Waals surface area contributed by atoms with Crippen molar-refractivity contribution >= 4 is 35.2 Å². The smallest absolute Gasteiger partial charge is 0.270 e. The van der Waals surface area contributed by atoms with Crippen molar-refractivity contribution in [1.29, 1.82) is 0 Å². The number of hydroxylamine groups is 1. The molecule has 3 rings (SSSR count). The molecule has 3 aromatic rings. The van der Waals surface area contributed by atoms with Gasteiger partial charge in [-0.05, 0) is 59.3 Å². The summed E-state index contributed by atoms with van der Waals surface area (Å²) in [6, 6.07) is 20.5. The van der Waals surface area contributed by atoms with E-state index in [4.69, 9.17) is 10.9 Å². The maximum atomic E-state index is 12.4. The van der Waals surface area contributed by atoms with Crippen molar-refractivity contribution < 1.29 is 24.7 Å². The highest BCUT2D eigenvalue weighted by Crippen LogP contribution is 2.22. The molecule has 2 atom stereocenters. The lowest BCUT2D eigenvalue weighted by Gasteiger charge is -2.19. The molecule has 0 aromatic heterocycles. The molecule has 0 heterocycles. The summed E-state index contributed by atoms with van der Waals surface area (Å²) in [5.41, 5.74) is 10.3. The van der Waals surface area contributed by atoms with E-state index in [9.17, 15) is 19.5 Å². The largest absolute Gasteiger partial charge is 0.376 e. The first-order valence-corrected chi connectivity index (χ1v) is 12.6. The summed E-state index contributed by atoms with van der Waals surface area (Å²) >= 11 is 1.68. The quantitative estimate of drug-likeness (QED) is 0.0863. The number of hydrogen-bond acceptors (Lipinski definition) is 8. The second kappa shape index (κ2) is 13.5. The van der Waals surface area contributed by atoms with Gasteiger partial charge in [-0.25, -0.2) is 5.48 Å². The number of nitrogens with two attached hydrogens (primary N) is 1. The van der Waals surface area contributed by atoms with Gasteiger partial charge in [-0.2, -0.15) is 0 Å². The van der Waals surface area contributed by atoms with Gasteiger partial charge in [-0.3, -0.25) is 19.6 Å². The number of amides is 3. The lowest BCUT2D eigenvalue weighted by atomic mass is 10.0. The van der Waals surface area contributed by atoms with Crippen molar-refractivity contribution in [2.45, 2.75) is 23.7 Å². The topological polar surface area (TPSA) is 166 Å². The summed E-state index contributed by atoms with van der Waals surface area (Å²) < 4.78 is 0. The van der Waals surface area contributed by atoms with E-state index in [0.717, 1.165) is 16.7 Å². The van der Waals surface area contributed by atoms with Gasteiger partial charge in [0, 0.05) is 22.7 Å². The zero-order valence-electron chi connectivity index (χ0n) is 20.1. The lowest BCUT2D eigenvalue weighted by Crippen LogP contribution is -2.55. The maximum absolute atomic E-state index is 12.4. The van der Waals surface area contributed by atoms with Crippen molar-refractivity contribution in [2.75, 3.05) is 18.1 Å². The Bertz CT molecular complexity index is 1200. The van der Waals surface area contributed by atoms with Crippen LogP contribution >= 0.6 is 11.8 Å². The first-order chi connectivity index (χ1) is 17.8. The molecular formula is C26H29N5O5S. The molecule has 0 spiro atoms. The fourth-order valence-corrected chi connectivity index (χ4v) is 3.84. The van der Waals surface area contributed by atoms with Gasteiger partial charge in [0.1, 0.15) is 12.3 Å². The first-order valence-electron chi connectivity index (χ1n) is 11.3. The highest BCUT2D eigenvalue weighted by Gasteiger charge is 2.26. The summed E-state index contributed by atoms with van der Waals surface area (Å²) in [5, 5.41) is 26.4. The number of anilines is 1. The Morgan fingerprint density at radius 2 is 1.51 bits per heavy atom. The van der Waals surface area contributed by atoms with Crippen LogP contribution in [0.5, 0.6) is 0 Å². The number of aliphatic hydroxyl groups is 1. The fourth-order valence-electron chi connectivity index (χ4n) is 3.43. The third kappa shape index (κ3) is 8.13. The minimum Gasteiger partial charge on any atom is -0.376 e. The van der Waals surface area contributed by atoms with E-state index >= 15 is 0 Å². The van der Waals surface area contributed by atoms with Gasteiger partial charge in [0.05, 0.1) is 6.54 Å². The molecule has 37 heavy (non-hydrogen) atoms. The molecule has 3 amide bonds. The molecule has 0 aliphatic rings. The summed E-state index contributed by atoms with van der Waals surface area (Å²) in [6.45, 7) is 0.773. The monoisotopic (exact) mass is 523 g/mol. The average molecular weight is 524 g/mol. The number of hydrogen-bond donors (Lipinski definition) is 7. The predicted molar refractivity (Wildman–Crippen MR) is 142 cm³/mol. The van der Waals surface area contributed by atoms with Crippen LogP contribution in [0.3, 0.4) is 0 Å². The maximum Gasteiger partial charge on any atom is 0.270 e. The highest BCUT2D eigenvalue weighted by molar-refractivity contribution is 7.98. The third-order valence-electron chi connectivity index (χ3n) is 5.44. The number of nitrogens with one attached hydrogen (secondary N) is 4. The van der Waals surface area contributed by atoms with Gasteiger partial charge >= 0.3 is 0 Å². The van der Waals surface area contributed by atoms with Gasteiger partial charge in [-0.15, -0.1) is 11.8 Å². The van der Waals surface area contributed by atoms with Gasteiger partial charge < -0.3 is 26.8 Å². The van der Waals surface area contributed by atoms with Crippen molar-refractivity contribution in [3.8, 4) is 11.1 Å². The zero-order chi connectivity index (χ0) is 26.8. The van der Waals surface area contributed by atoms with Crippen LogP contribution in [-0.2, 0) is 16.1 Å². The average Bonchev–Trinajstić information content (AvgIpc) is 2.92. The van der Waals surface area contributed by atoms with E-state index in [1.807, 2.05) is 42.7 Å². The van der Waals surface area contributed by atoms with Crippen LogP contribution in [0.1, 0.15) is 15.9 Å². The molecule has 0 aliphatic heterocycles. The molecule has 11 heteroatoms. The SMILES string of the molecule is CSc1ccc(CNCC(=O)Nc2ccc(-c3ccc(C(=O)N[C@H](C(=O)NO)[C@@H](N)O)cc3)cc2)cc1. The molecule has 0 bridgehead atoms. The lowest BCUT2D eigenvalue weighted by molar-refractivity contribution is -0.133. The number of carbonyl (C=O) groups is 3. The van der Waals surface area contributed by atoms with Crippen molar-refractivity contribution in [2.24, 2.45) is 5.73 Å². The second-order valence-electron chi connectivity index (χ2n) is 8.07. The molecule has 0 saturated carbocycles. The minimum atomic E-state index is -1.69. The molecule has 0 fully saturated rings. The molecule has 0 saturated heterocycles. The molecule has 0 radical (unpaired) electrons. The van der Waals surface area contributed by atoms with E-state index in [1.54, 1.807) is 48.2 Å². The standard InChI is InChI=1S/C26H29N5O5S/c1-37-21-12-2-16(3-13-21)14-28-15-22(32)29-20-10-8-18(9-11-20)17-4-6-19(7-5-17)25(34)30-23(24(27)33)26(35)31-36/h2-13,23-24,28,33,36H,14-15,27H2,1H3,(H,29,32)(H,30,34)(H,31,35)/t23-,24-/m0/s1. The number of thioether (sulfide) groups is 1. The molecule has 3 aromatic carbocycles.